The lowest BCUT2D eigenvalue weighted by Crippen LogP contribution is -2.02. The summed E-state index contributed by atoms with van der Waals surface area (Å²) in [4.78, 5) is 0. The maximum atomic E-state index is 10.4. The van der Waals surface area contributed by atoms with Gasteiger partial charge in [0.15, 0.2) is 0 Å². The molecule has 0 heterocycles. The SMILES string of the molecule is CCC(C)c1ccc(C(O)Cc2cccc(OC)c2)cc1. The number of ether oxygens (including phenoxy) is 1. The largest absolute Gasteiger partial charge is 0.497 e. The van der Waals surface area contributed by atoms with Gasteiger partial charge in [0.2, 0.25) is 0 Å². The van der Waals surface area contributed by atoms with Crippen LogP contribution in [0.15, 0.2) is 48.5 Å². The van der Waals surface area contributed by atoms with Crippen molar-refractivity contribution >= 4 is 0 Å². The molecule has 1 N–H and O–H groups in total. The quantitative estimate of drug-likeness (QED) is 0.847. The van der Waals surface area contributed by atoms with Crippen molar-refractivity contribution in [2.75, 3.05) is 7.11 Å². The lowest BCUT2D eigenvalue weighted by Gasteiger charge is -2.14. The average Bonchev–Trinajstić information content (AvgIpc) is 2.54. The molecule has 0 saturated heterocycles. The van der Waals surface area contributed by atoms with Crippen molar-refractivity contribution in [1.82, 2.24) is 0 Å². The Labute approximate surface area is 127 Å². The molecule has 21 heavy (non-hydrogen) atoms. The first-order valence-corrected chi connectivity index (χ1v) is 7.55. The Morgan fingerprint density at radius 2 is 1.71 bits per heavy atom. The number of benzene rings is 2. The monoisotopic (exact) mass is 284 g/mol. The highest BCUT2D eigenvalue weighted by atomic mass is 16.5. The number of aliphatic hydroxyl groups excluding tert-OH is 1. The van der Waals surface area contributed by atoms with Gasteiger partial charge in [-0.2, -0.15) is 0 Å². The van der Waals surface area contributed by atoms with Crippen LogP contribution in [0.3, 0.4) is 0 Å². The molecule has 2 rings (SSSR count). The second-order valence-corrected chi connectivity index (χ2v) is 5.55. The minimum atomic E-state index is -0.483. The minimum Gasteiger partial charge on any atom is -0.497 e. The van der Waals surface area contributed by atoms with Gasteiger partial charge in [-0.05, 0) is 41.2 Å². The highest BCUT2D eigenvalue weighted by Crippen LogP contribution is 2.24. The zero-order valence-electron chi connectivity index (χ0n) is 13.0. The molecule has 2 aromatic rings. The highest BCUT2D eigenvalue weighted by Gasteiger charge is 2.10. The fourth-order valence-corrected chi connectivity index (χ4v) is 2.42. The standard InChI is InChI=1S/C19H24O2/c1-4-14(2)16-8-10-17(11-9-16)19(20)13-15-6-5-7-18(12-15)21-3/h5-12,14,19-20H,4,13H2,1-3H3. The molecule has 0 spiro atoms. The molecule has 0 radical (unpaired) electrons. The molecule has 0 bridgehead atoms. The van der Waals surface area contributed by atoms with Gasteiger partial charge in [-0.15, -0.1) is 0 Å². The van der Waals surface area contributed by atoms with Gasteiger partial charge in [0.05, 0.1) is 13.2 Å². The maximum absolute atomic E-state index is 10.4. The van der Waals surface area contributed by atoms with Crippen molar-refractivity contribution in [3.05, 3.63) is 65.2 Å². The molecule has 0 aliphatic rings. The van der Waals surface area contributed by atoms with Crippen molar-refractivity contribution < 1.29 is 9.84 Å². The van der Waals surface area contributed by atoms with Crippen LogP contribution < -0.4 is 4.74 Å². The maximum Gasteiger partial charge on any atom is 0.119 e. The third kappa shape index (κ3) is 4.08. The Bertz CT molecular complexity index is 560. The molecule has 0 amide bonds. The fourth-order valence-electron chi connectivity index (χ4n) is 2.42. The first-order chi connectivity index (χ1) is 10.1. The summed E-state index contributed by atoms with van der Waals surface area (Å²) >= 11 is 0. The summed E-state index contributed by atoms with van der Waals surface area (Å²) in [6.07, 6.45) is 1.24. The molecule has 0 aliphatic carbocycles. The molecular weight excluding hydrogens is 260 g/mol. The number of hydrogen-bond acceptors (Lipinski definition) is 2. The van der Waals surface area contributed by atoms with Crippen molar-refractivity contribution in [2.24, 2.45) is 0 Å². The van der Waals surface area contributed by atoms with Crippen molar-refractivity contribution in [3.8, 4) is 5.75 Å². The van der Waals surface area contributed by atoms with Crippen LogP contribution in [0.5, 0.6) is 5.75 Å². The first kappa shape index (κ1) is 15.6. The Balaban J connectivity index is 2.07. The van der Waals surface area contributed by atoms with E-state index in [1.165, 1.54) is 5.56 Å². The van der Waals surface area contributed by atoms with Gasteiger partial charge in [0.1, 0.15) is 5.75 Å². The molecule has 0 saturated carbocycles. The third-order valence-electron chi connectivity index (χ3n) is 4.07. The molecule has 0 aromatic heterocycles. The topological polar surface area (TPSA) is 29.5 Å². The summed E-state index contributed by atoms with van der Waals surface area (Å²) in [7, 11) is 1.66. The molecule has 112 valence electrons. The van der Waals surface area contributed by atoms with E-state index in [0.29, 0.717) is 12.3 Å². The smallest absolute Gasteiger partial charge is 0.119 e. The Morgan fingerprint density at radius 1 is 1.05 bits per heavy atom. The zero-order chi connectivity index (χ0) is 15.2. The van der Waals surface area contributed by atoms with E-state index in [1.54, 1.807) is 7.11 Å². The van der Waals surface area contributed by atoms with Gasteiger partial charge < -0.3 is 9.84 Å². The lowest BCUT2D eigenvalue weighted by molar-refractivity contribution is 0.178. The second-order valence-electron chi connectivity index (χ2n) is 5.55. The summed E-state index contributed by atoms with van der Waals surface area (Å²) in [6, 6.07) is 16.2. The van der Waals surface area contributed by atoms with Gasteiger partial charge in [-0.1, -0.05) is 50.2 Å². The van der Waals surface area contributed by atoms with Gasteiger partial charge in [0, 0.05) is 6.42 Å². The summed E-state index contributed by atoms with van der Waals surface area (Å²) in [5.41, 5.74) is 3.37. The predicted molar refractivity (Wildman–Crippen MR) is 86.8 cm³/mol. The summed E-state index contributed by atoms with van der Waals surface area (Å²) in [6.45, 7) is 4.41. The lowest BCUT2D eigenvalue weighted by atomic mass is 9.95. The molecule has 2 unspecified atom stereocenters. The first-order valence-electron chi connectivity index (χ1n) is 7.55. The summed E-state index contributed by atoms with van der Waals surface area (Å²) < 4.78 is 5.21. The number of methoxy groups -OCH3 is 1. The van der Waals surface area contributed by atoms with Crippen molar-refractivity contribution in [1.29, 1.82) is 0 Å². The van der Waals surface area contributed by atoms with Crippen LogP contribution in [0, 0.1) is 0 Å². The van der Waals surface area contributed by atoms with Crippen LogP contribution in [-0.2, 0) is 6.42 Å². The van der Waals surface area contributed by atoms with Crippen LogP contribution >= 0.6 is 0 Å². The Hall–Kier alpha value is -1.80. The van der Waals surface area contributed by atoms with E-state index < -0.39 is 6.10 Å². The molecule has 2 aromatic carbocycles. The number of rotatable bonds is 6. The van der Waals surface area contributed by atoms with Crippen LogP contribution in [0.1, 0.15) is 49.0 Å². The Morgan fingerprint density at radius 3 is 2.33 bits per heavy atom. The van der Waals surface area contributed by atoms with Gasteiger partial charge in [-0.3, -0.25) is 0 Å². The van der Waals surface area contributed by atoms with Crippen molar-refractivity contribution in [2.45, 2.75) is 38.7 Å². The number of hydrogen-bond donors (Lipinski definition) is 1. The van der Waals surface area contributed by atoms with E-state index in [-0.39, 0.29) is 0 Å². The van der Waals surface area contributed by atoms with E-state index in [2.05, 4.69) is 26.0 Å². The molecule has 2 heteroatoms. The van der Waals surface area contributed by atoms with Crippen LogP contribution in [0.4, 0.5) is 0 Å². The normalized spacial score (nSPS) is 13.7. The fraction of sp³-hybridized carbons (Fsp3) is 0.368. The molecule has 0 fully saturated rings. The van der Waals surface area contributed by atoms with Gasteiger partial charge in [-0.25, -0.2) is 0 Å². The highest BCUT2D eigenvalue weighted by molar-refractivity contribution is 5.31. The van der Waals surface area contributed by atoms with E-state index in [0.717, 1.165) is 23.3 Å². The van der Waals surface area contributed by atoms with Crippen molar-refractivity contribution in [3.63, 3.8) is 0 Å². The van der Waals surface area contributed by atoms with Gasteiger partial charge >= 0.3 is 0 Å². The molecule has 2 atom stereocenters. The van der Waals surface area contributed by atoms with E-state index in [4.69, 9.17) is 4.74 Å². The minimum absolute atomic E-state index is 0.483. The average molecular weight is 284 g/mol. The third-order valence-corrected chi connectivity index (χ3v) is 4.07. The van der Waals surface area contributed by atoms with E-state index in [9.17, 15) is 5.11 Å². The van der Waals surface area contributed by atoms with E-state index >= 15 is 0 Å². The summed E-state index contributed by atoms with van der Waals surface area (Å²) in [5, 5.41) is 10.4. The summed E-state index contributed by atoms with van der Waals surface area (Å²) in [5.74, 6) is 1.39. The van der Waals surface area contributed by atoms with E-state index in [1.807, 2.05) is 36.4 Å². The zero-order valence-corrected chi connectivity index (χ0v) is 13.0. The second kappa shape index (κ2) is 7.28. The Kier molecular flexibility index (Phi) is 5.40. The predicted octanol–water partition coefficient (Wildman–Crippen LogP) is 4.48. The molecule has 2 nitrogen and oxygen atoms in total. The van der Waals surface area contributed by atoms with Crippen LogP contribution in [0.2, 0.25) is 0 Å². The molecular formula is C19H24O2. The van der Waals surface area contributed by atoms with Crippen LogP contribution in [0.25, 0.3) is 0 Å². The molecule has 0 aliphatic heterocycles. The van der Waals surface area contributed by atoms with Gasteiger partial charge in [0.25, 0.3) is 0 Å². The number of aliphatic hydroxyl groups is 1. The van der Waals surface area contributed by atoms with Crippen LogP contribution in [-0.4, -0.2) is 12.2 Å².